The van der Waals surface area contributed by atoms with Crippen molar-refractivity contribution < 1.29 is 18.3 Å². The van der Waals surface area contributed by atoms with Crippen LogP contribution in [0.25, 0.3) is 0 Å². The Balaban J connectivity index is 1.32. The van der Waals surface area contributed by atoms with E-state index in [0.29, 0.717) is 31.9 Å². The fraction of sp³-hybridized carbons (Fsp3) is 0.250. The van der Waals surface area contributed by atoms with Crippen molar-refractivity contribution in [1.82, 2.24) is 14.9 Å². The van der Waals surface area contributed by atoms with E-state index >= 15 is 0 Å². The first-order valence-corrected chi connectivity index (χ1v) is 8.97. The second kappa shape index (κ2) is 8.08. The maximum Gasteiger partial charge on any atom is 0.275 e. The Bertz CT molecular complexity index is 939. The second-order valence-corrected chi connectivity index (χ2v) is 6.34. The summed E-state index contributed by atoms with van der Waals surface area (Å²) in [6.07, 6.45) is 3.09. The number of oxazole rings is 1. The van der Waals surface area contributed by atoms with Gasteiger partial charge in [-0.05, 0) is 24.3 Å². The fourth-order valence-electron chi connectivity index (χ4n) is 3.02. The zero-order valence-electron chi connectivity index (χ0n) is 15.1. The number of aromatic nitrogens is 2. The van der Waals surface area contributed by atoms with Gasteiger partial charge >= 0.3 is 0 Å². The molecule has 1 aliphatic rings. The highest BCUT2D eigenvalue weighted by Crippen LogP contribution is 2.16. The van der Waals surface area contributed by atoms with Gasteiger partial charge in [-0.2, -0.15) is 0 Å². The Kier molecular flexibility index (Phi) is 5.18. The molecule has 0 aliphatic carbocycles. The molecule has 8 heteroatoms. The van der Waals surface area contributed by atoms with E-state index < -0.39 is 0 Å². The third-order valence-corrected chi connectivity index (χ3v) is 4.47. The van der Waals surface area contributed by atoms with Crippen LogP contribution in [0.2, 0.25) is 0 Å². The van der Waals surface area contributed by atoms with Gasteiger partial charge in [0.2, 0.25) is 5.89 Å². The molecule has 7 nitrogen and oxygen atoms in total. The summed E-state index contributed by atoms with van der Waals surface area (Å²) >= 11 is 0. The number of benzene rings is 1. The van der Waals surface area contributed by atoms with Crippen molar-refractivity contribution >= 4 is 11.7 Å². The summed E-state index contributed by atoms with van der Waals surface area (Å²) in [6, 6.07) is 11.6. The standard InChI is InChI=1S/C20H19FN4O3/c21-15-4-3-5-16(12-15)27-14-19-23-17(13-28-19)20(26)25-10-8-24(9-11-25)18-6-1-2-7-22-18/h1-7,12-13H,8-11,14H2. The van der Waals surface area contributed by atoms with Crippen LogP contribution in [0.15, 0.2) is 59.3 Å². The number of rotatable bonds is 5. The predicted octanol–water partition coefficient (Wildman–Crippen LogP) is 2.75. The Morgan fingerprint density at radius 1 is 1.14 bits per heavy atom. The maximum absolute atomic E-state index is 13.2. The van der Waals surface area contributed by atoms with Gasteiger partial charge in [0, 0.05) is 38.4 Å². The summed E-state index contributed by atoms with van der Waals surface area (Å²) in [5.41, 5.74) is 0.240. The molecule has 0 bridgehead atoms. The number of nitrogens with zero attached hydrogens (tertiary/aromatic N) is 4. The van der Waals surface area contributed by atoms with Gasteiger partial charge < -0.3 is 19.0 Å². The summed E-state index contributed by atoms with van der Waals surface area (Å²) in [7, 11) is 0. The predicted molar refractivity (Wildman–Crippen MR) is 99.6 cm³/mol. The van der Waals surface area contributed by atoms with E-state index in [1.165, 1.54) is 18.4 Å². The quantitative estimate of drug-likeness (QED) is 0.676. The molecule has 1 fully saturated rings. The largest absolute Gasteiger partial charge is 0.484 e. The Labute approximate surface area is 161 Å². The number of amides is 1. The van der Waals surface area contributed by atoms with Crippen molar-refractivity contribution in [3.63, 3.8) is 0 Å². The van der Waals surface area contributed by atoms with Gasteiger partial charge in [0.1, 0.15) is 23.6 Å². The van der Waals surface area contributed by atoms with Gasteiger partial charge in [-0.25, -0.2) is 14.4 Å². The third-order valence-electron chi connectivity index (χ3n) is 4.47. The minimum absolute atomic E-state index is 0.0180. The monoisotopic (exact) mass is 382 g/mol. The first-order chi connectivity index (χ1) is 13.7. The van der Waals surface area contributed by atoms with Crippen LogP contribution in [0.5, 0.6) is 5.75 Å². The van der Waals surface area contributed by atoms with Crippen molar-refractivity contribution in [2.75, 3.05) is 31.1 Å². The van der Waals surface area contributed by atoms with Crippen molar-refractivity contribution in [3.8, 4) is 5.75 Å². The van der Waals surface area contributed by atoms with Gasteiger partial charge in [0.05, 0.1) is 0 Å². The topological polar surface area (TPSA) is 71.7 Å². The molecule has 4 rings (SSSR count). The number of hydrogen-bond donors (Lipinski definition) is 0. The van der Waals surface area contributed by atoms with E-state index in [2.05, 4.69) is 14.9 Å². The van der Waals surface area contributed by atoms with Crippen LogP contribution in [0.4, 0.5) is 10.2 Å². The minimum atomic E-state index is -0.384. The number of anilines is 1. The summed E-state index contributed by atoms with van der Waals surface area (Å²) in [5, 5.41) is 0. The molecule has 1 aromatic carbocycles. The Morgan fingerprint density at radius 2 is 2.00 bits per heavy atom. The number of carbonyl (C=O) groups is 1. The molecule has 0 radical (unpaired) electrons. The van der Waals surface area contributed by atoms with Crippen molar-refractivity contribution in [2.24, 2.45) is 0 Å². The van der Waals surface area contributed by atoms with Crippen molar-refractivity contribution in [1.29, 1.82) is 0 Å². The molecule has 0 atom stereocenters. The maximum atomic E-state index is 13.2. The molecule has 144 valence electrons. The summed E-state index contributed by atoms with van der Waals surface area (Å²) in [4.78, 5) is 25.1. The summed E-state index contributed by atoms with van der Waals surface area (Å²) in [6.45, 7) is 2.59. The molecule has 28 heavy (non-hydrogen) atoms. The van der Waals surface area contributed by atoms with E-state index in [1.807, 2.05) is 18.2 Å². The summed E-state index contributed by atoms with van der Waals surface area (Å²) in [5.74, 6) is 0.983. The number of carbonyl (C=O) groups excluding carboxylic acids is 1. The van der Waals surface area contributed by atoms with Gasteiger partial charge in [0.15, 0.2) is 12.3 Å². The zero-order chi connectivity index (χ0) is 19.3. The number of ether oxygens (including phenoxy) is 1. The molecule has 1 saturated heterocycles. The molecule has 2 aromatic heterocycles. The van der Waals surface area contributed by atoms with Gasteiger partial charge in [-0.15, -0.1) is 0 Å². The lowest BCUT2D eigenvalue weighted by Crippen LogP contribution is -2.49. The summed E-state index contributed by atoms with van der Waals surface area (Å²) < 4.78 is 23.9. The Hall–Kier alpha value is -3.42. The average molecular weight is 382 g/mol. The van der Waals surface area contributed by atoms with E-state index in [0.717, 1.165) is 5.82 Å². The zero-order valence-corrected chi connectivity index (χ0v) is 15.1. The van der Waals surface area contributed by atoms with Crippen LogP contribution >= 0.6 is 0 Å². The minimum Gasteiger partial charge on any atom is -0.484 e. The molecule has 0 spiro atoms. The Morgan fingerprint density at radius 3 is 2.75 bits per heavy atom. The highest BCUT2D eigenvalue weighted by Gasteiger charge is 2.25. The van der Waals surface area contributed by atoms with E-state index in [4.69, 9.17) is 9.15 Å². The molecule has 0 saturated carbocycles. The van der Waals surface area contributed by atoms with Crippen LogP contribution in [0.3, 0.4) is 0 Å². The second-order valence-electron chi connectivity index (χ2n) is 6.34. The molecule has 3 heterocycles. The molecule has 0 N–H and O–H groups in total. The third kappa shape index (κ3) is 4.11. The van der Waals surface area contributed by atoms with Crippen LogP contribution in [0, 0.1) is 5.82 Å². The highest BCUT2D eigenvalue weighted by molar-refractivity contribution is 5.92. The smallest absolute Gasteiger partial charge is 0.275 e. The normalized spacial score (nSPS) is 14.2. The molecule has 3 aromatic rings. The fourth-order valence-corrected chi connectivity index (χ4v) is 3.02. The number of halogens is 1. The van der Waals surface area contributed by atoms with Crippen molar-refractivity contribution in [2.45, 2.75) is 6.61 Å². The van der Waals surface area contributed by atoms with E-state index in [1.54, 1.807) is 23.2 Å². The lowest BCUT2D eigenvalue weighted by molar-refractivity contribution is 0.0740. The first-order valence-electron chi connectivity index (χ1n) is 8.97. The SMILES string of the molecule is O=C(c1coc(COc2cccc(F)c2)n1)N1CCN(c2ccccn2)CC1. The van der Waals surface area contributed by atoms with E-state index in [9.17, 15) is 9.18 Å². The number of pyridine rings is 1. The molecular weight excluding hydrogens is 363 g/mol. The molecule has 0 unspecified atom stereocenters. The molecular formula is C20H19FN4O3. The van der Waals surface area contributed by atoms with Crippen LogP contribution in [-0.2, 0) is 6.61 Å². The van der Waals surface area contributed by atoms with Crippen LogP contribution in [-0.4, -0.2) is 47.0 Å². The lowest BCUT2D eigenvalue weighted by Gasteiger charge is -2.35. The first kappa shape index (κ1) is 18.0. The lowest BCUT2D eigenvalue weighted by atomic mass is 10.2. The van der Waals surface area contributed by atoms with Crippen LogP contribution < -0.4 is 9.64 Å². The highest BCUT2D eigenvalue weighted by atomic mass is 19.1. The number of piperazine rings is 1. The van der Waals surface area contributed by atoms with Crippen LogP contribution in [0.1, 0.15) is 16.4 Å². The van der Waals surface area contributed by atoms with Gasteiger partial charge in [0.25, 0.3) is 5.91 Å². The molecule has 1 aliphatic heterocycles. The van der Waals surface area contributed by atoms with Gasteiger partial charge in [-0.1, -0.05) is 12.1 Å². The van der Waals surface area contributed by atoms with E-state index in [-0.39, 0.29) is 29.9 Å². The average Bonchev–Trinajstić information content (AvgIpc) is 3.22. The van der Waals surface area contributed by atoms with Gasteiger partial charge in [-0.3, -0.25) is 4.79 Å². The van der Waals surface area contributed by atoms with Crippen molar-refractivity contribution in [3.05, 3.63) is 72.3 Å². The molecule has 1 amide bonds. The number of hydrogen-bond acceptors (Lipinski definition) is 6.